The molecule has 1 saturated heterocycles. The summed E-state index contributed by atoms with van der Waals surface area (Å²) < 4.78 is 10.6. The van der Waals surface area contributed by atoms with E-state index in [1.165, 1.54) is 29.3 Å². The second-order valence-electron chi connectivity index (χ2n) is 7.87. The minimum Gasteiger partial charge on any atom is -0.447 e. The van der Waals surface area contributed by atoms with Crippen LogP contribution in [-0.4, -0.2) is 66.1 Å². The number of carbonyl (C=O) groups excluding carboxylic acids is 2. The Balaban J connectivity index is 1.79. The Labute approximate surface area is 203 Å². The van der Waals surface area contributed by atoms with Crippen molar-refractivity contribution in [3.8, 4) is 5.75 Å². The number of nitroso groups, excluding NO2 is 3. The second-order valence-corrected chi connectivity index (χ2v) is 7.87. The average molecular weight is 499 g/mol. The van der Waals surface area contributed by atoms with Gasteiger partial charge < -0.3 is 14.6 Å². The number of benzene rings is 2. The first-order chi connectivity index (χ1) is 17.1. The van der Waals surface area contributed by atoms with Crippen molar-refractivity contribution in [2.45, 2.75) is 30.2 Å². The molecule has 36 heavy (non-hydrogen) atoms. The van der Waals surface area contributed by atoms with Gasteiger partial charge in [-0.05, 0) is 48.5 Å². The van der Waals surface area contributed by atoms with Gasteiger partial charge >= 0.3 is 5.91 Å². The van der Waals surface area contributed by atoms with Crippen molar-refractivity contribution in [3.63, 3.8) is 0 Å². The third-order valence-corrected chi connectivity index (χ3v) is 5.14. The highest BCUT2D eigenvalue weighted by molar-refractivity contribution is 6.09. The molecule has 5 atom stereocenters. The monoisotopic (exact) mass is 499 g/mol. The molecule has 1 aliphatic heterocycles. The zero-order valence-corrected chi connectivity index (χ0v) is 19.0. The van der Waals surface area contributed by atoms with Gasteiger partial charge in [0.2, 0.25) is 6.04 Å². The first-order valence-corrected chi connectivity index (χ1v) is 10.3. The molecule has 2 aromatic rings. The van der Waals surface area contributed by atoms with Crippen LogP contribution >= 0.6 is 0 Å². The van der Waals surface area contributed by atoms with Gasteiger partial charge in [0.15, 0.2) is 17.9 Å². The number of hydrogen-bond acceptors (Lipinski definition) is 13. The number of nitrogens with zero attached hydrogens (tertiary/aromatic N) is 6. The quantitative estimate of drug-likeness (QED) is 0.168. The molecule has 188 valence electrons. The van der Waals surface area contributed by atoms with Gasteiger partial charge in [0, 0.05) is 30.4 Å². The number of ether oxygens (including phenoxy) is 2. The SMILES string of the molecule is CN(C)/N=N/c1ccc(C(=O)c2ccc(O[C@@]3(N)OC(C(=O)N=O)[C@H](N=O)[C@@H](O)[C@@H]3N=O)cc2)cc1. The molecule has 0 spiro atoms. The summed E-state index contributed by atoms with van der Waals surface area (Å²) in [6.07, 6.45) is -4.00. The zero-order valence-electron chi connectivity index (χ0n) is 19.0. The summed E-state index contributed by atoms with van der Waals surface area (Å²) in [5, 5.41) is 27.0. The fourth-order valence-corrected chi connectivity index (χ4v) is 3.37. The van der Waals surface area contributed by atoms with Crippen molar-refractivity contribution in [1.29, 1.82) is 0 Å². The molecule has 1 amide bonds. The lowest BCUT2D eigenvalue weighted by atomic mass is 9.92. The van der Waals surface area contributed by atoms with Crippen LogP contribution in [0.1, 0.15) is 15.9 Å². The van der Waals surface area contributed by atoms with E-state index < -0.39 is 36.1 Å². The van der Waals surface area contributed by atoms with E-state index in [1.807, 2.05) is 0 Å². The normalized spacial score (nSPS) is 25.7. The van der Waals surface area contributed by atoms with Crippen molar-refractivity contribution in [3.05, 3.63) is 74.4 Å². The predicted octanol–water partition coefficient (Wildman–Crippen LogP) is 1.79. The Morgan fingerprint density at radius 2 is 1.58 bits per heavy atom. The Morgan fingerprint density at radius 1 is 1.00 bits per heavy atom. The van der Waals surface area contributed by atoms with Gasteiger partial charge in [0.25, 0.3) is 5.91 Å². The number of aliphatic hydroxyl groups excluding tert-OH is 1. The van der Waals surface area contributed by atoms with Crippen molar-refractivity contribution < 1.29 is 24.2 Å². The molecule has 3 rings (SSSR count). The van der Waals surface area contributed by atoms with Crippen molar-refractivity contribution in [1.82, 2.24) is 5.01 Å². The van der Waals surface area contributed by atoms with Crippen LogP contribution in [0.25, 0.3) is 0 Å². The van der Waals surface area contributed by atoms with Crippen LogP contribution in [0.4, 0.5) is 5.69 Å². The fraction of sp³-hybridized carbons (Fsp3) is 0.333. The molecule has 0 saturated carbocycles. The molecule has 1 unspecified atom stereocenters. The summed E-state index contributed by atoms with van der Waals surface area (Å²) in [6, 6.07) is 8.08. The lowest BCUT2D eigenvalue weighted by molar-refractivity contribution is -0.263. The highest BCUT2D eigenvalue weighted by atomic mass is 16.7. The van der Waals surface area contributed by atoms with Crippen LogP contribution in [0.5, 0.6) is 5.75 Å². The van der Waals surface area contributed by atoms with E-state index in [-0.39, 0.29) is 17.1 Å². The number of nitrogens with two attached hydrogens (primary N) is 1. The summed E-state index contributed by atoms with van der Waals surface area (Å²) in [5.41, 5.74) is 7.16. The van der Waals surface area contributed by atoms with E-state index in [2.05, 4.69) is 25.9 Å². The van der Waals surface area contributed by atoms with E-state index in [4.69, 9.17) is 15.2 Å². The average Bonchev–Trinajstić information content (AvgIpc) is 2.87. The number of amides is 1. The first-order valence-electron chi connectivity index (χ1n) is 10.3. The van der Waals surface area contributed by atoms with Gasteiger partial charge in [0.1, 0.15) is 11.9 Å². The largest absolute Gasteiger partial charge is 0.447 e. The van der Waals surface area contributed by atoms with Crippen molar-refractivity contribution in [2.24, 2.45) is 31.6 Å². The van der Waals surface area contributed by atoms with Crippen LogP contribution < -0.4 is 10.5 Å². The Bertz CT molecular complexity index is 1170. The van der Waals surface area contributed by atoms with E-state index in [0.717, 1.165) is 0 Å². The van der Waals surface area contributed by atoms with Crippen LogP contribution in [0.2, 0.25) is 0 Å². The first kappa shape index (κ1) is 26.3. The zero-order chi connectivity index (χ0) is 26.5. The minimum atomic E-state index is -2.56. The molecule has 1 fully saturated rings. The molecular weight excluding hydrogens is 478 g/mol. The third-order valence-electron chi connectivity index (χ3n) is 5.14. The number of rotatable bonds is 9. The molecule has 3 N–H and O–H groups in total. The molecule has 2 aromatic carbocycles. The topological polar surface area (TPSA) is 215 Å². The second kappa shape index (κ2) is 10.9. The molecule has 0 bridgehead atoms. The Kier molecular flexibility index (Phi) is 7.98. The maximum atomic E-state index is 12.8. The molecule has 1 heterocycles. The number of aliphatic hydroxyl groups is 1. The summed E-state index contributed by atoms with van der Waals surface area (Å²) >= 11 is 0. The summed E-state index contributed by atoms with van der Waals surface area (Å²) in [6.45, 7) is 0. The van der Waals surface area contributed by atoms with Crippen molar-refractivity contribution in [2.75, 3.05) is 14.1 Å². The lowest BCUT2D eigenvalue weighted by Crippen LogP contribution is -2.71. The minimum absolute atomic E-state index is 0.0443. The summed E-state index contributed by atoms with van der Waals surface area (Å²) in [7, 11) is 3.44. The third kappa shape index (κ3) is 5.48. The summed E-state index contributed by atoms with van der Waals surface area (Å²) in [4.78, 5) is 57.7. The van der Waals surface area contributed by atoms with Gasteiger partial charge in [-0.25, -0.2) is 0 Å². The predicted molar refractivity (Wildman–Crippen MR) is 123 cm³/mol. The smallest absolute Gasteiger partial charge is 0.317 e. The number of ketones is 1. The molecule has 15 nitrogen and oxygen atoms in total. The molecule has 0 aliphatic carbocycles. The van der Waals surface area contributed by atoms with E-state index >= 15 is 0 Å². The van der Waals surface area contributed by atoms with Crippen LogP contribution in [0, 0.1) is 14.7 Å². The molecule has 1 aliphatic rings. The van der Waals surface area contributed by atoms with E-state index in [9.17, 15) is 29.4 Å². The maximum Gasteiger partial charge on any atom is 0.317 e. The highest BCUT2D eigenvalue weighted by Crippen LogP contribution is 2.33. The van der Waals surface area contributed by atoms with Crippen LogP contribution in [0.15, 0.2) is 74.4 Å². The highest BCUT2D eigenvalue weighted by Gasteiger charge is 2.59. The summed E-state index contributed by atoms with van der Waals surface area (Å²) in [5.74, 6) is -4.41. The number of hydrogen-bond donors (Lipinski definition) is 2. The molecule has 0 aromatic heterocycles. The lowest BCUT2D eigenvalue weighted by Gasteiger charge is -2.43. The molecular formula is C21H21N7O8. The van der Waals surface area contributed by atoms with Crippen molar-refractivity contribution >= 4 is 17.4 Å². The van der Waals surface area contributed by atoms with Gasteiger partial charge in [0.05, 0.1) is 5.69 Å². The van der Waals surface area contributed by atoms with Gasteiger partial charge in [-0.2, -0.15) is 9.81 Å². The number of carbonyl (C=O) groups is 2. The van der Waals surface area contributed by atoms with E-state index in [1.54, 1.807) is 38.4 Å². The van der Waals surface area contributed by atoms with Crippen LogP contribution in [-0.2, 0) is 9.53 Å². The standard InChI is InChI=1S/C21H21N7O8/c1-28(2)27-23-13-7-3-11(4-8-13)16(29)12-5-9-14(10-6-12)35-21(22)19(25-33)17(30)15(24-32)18(36-21)20(31)26-34/h3-10,15,17-19,30H,22H2,1-2H3/b27-23+/t15-,17-,18?,19+,21-/m1/s1. The van der Waals surface area contributed by atoms with E-state index in [0.29, 0.717) is 11.3 Å². The van der Waals surface area contributed by atoms with Gasteiger partial charge in [-0.3, -0.25) is 20.3 Å². The Morgan fingerprint density at radius 3 is 2.08 bits per heavy atom. The molecule has 15 heteroatoms. The van der Waals surface area contributed by atoms with Gasteiger partial charge in [-0.1, -0.05) is 15.6 Å². The maximum absolute atomic E-state index is 12.8. The van der Waals surface area contributed by atoms with Gasteiger partial charge in [-0.15, -0.1) is 10.0 Å². The fourth-order valence-electron chi connectivity index (χ4n) is 3.37. The Hall–Kier alpha value is -4.34. The van der Waals surface area contributed by atoms with Crippen LogP contribution in [0.3, 0.4) is 0 Å². The molecule has 0 radical (unpaired) electrons.